The first-order chi connectivity index (χ1) is 5.33. The van der Waals surface area contributed by atoms with Crippen LogP contribution in [-0.2, 0) is 4.74 Å². The van der Waals surface area contributed by atoms with E-state index in [2.05, 4.69) is 0 Å². The summed E-state index contributed by atoms with van der Waals surface area (Å²) in [7, 11) is 0. The number of rotatable bonds is 4. The Bertz CT molecular complexity index is 102. The Morgan fingerprint density at radius 1 is 1.64 bits per heavy atom. The SMILES string of the molecule is NCC(O)CCC1CCCO1. The monoisotopic (exact) mass is 159 g/mol. The maximum absolute atomic E-state index is 9.14. The lowest BCUT2D eigenvalue weighted by atomic mass is 10.1. The highest BCUT2D eigenvalue weighted by Crippen LogP contribution is 2.17. The highest BCUT2D eigenvalue weighted by Gasteiger charge is 2.16. The second-order valence-electron chi connectivity index (χ2n) is 3.10. The lowest BCUT2D eigenvalue weighted by Gasteiger charge is -2.11. The molecule has 0 saturated carbocycles. The van der Waals surface area contributed by atoms with Gasteiger partial charge >= 0.3 is 0 Å². The average molecular weight is 159 g/mol. The van der Waals surface area contributed by atoms with Crippen molar-refractivity contribution in [1.29, 1.82) is 0 Å². The van der Waals surface area contributed by atoms with Crippen LogP contribution in [-0.4, -0.2) is 30.5 Å². The van der Waals surface area contributed by atoms with E-state index < -0.39 is 0 Å². The van der Waals surface area contributed by atoms with Gasteiger partial charge in [0.05, 0.1) is 12.2 Å². The molecule has 11 heavy (non-hydrogen) atoms. The first-order valence-electron chi connectivity index (χ1n) is 4.32. The van der Waals surface area contributed by atoms with E-state index in [1.54, 1.807) is 0 Å². The average Bonchev–Trinajstić information content (AvgIpc) is 2.52. The van der Waals surface area contributed by atoms with E-state index in [1.807, 2.05) is 0 Å². The summed E-state index contributed by atoms with van der Waals surface area (Å²) in [5, 5.41) is 9.14. The van der Waals surface area contributed by atoms with Crippen LogP contribution in [0.5, 0.6) is 0 Å². The first kappa shape index (κ1) is 8.97. The van der Waals surface area contributed by atoms with Crippen LogP contribution in [0.15, 0.2) is 0 Å². The Hall–Kier alpha value is -0.120. The quantitative estimate of drug-likeness (QED) is 0.619. The zero-order valence-corrected chi connectivity index (χ0v) is 6.83. The molecule has 1 fully saturated rings. The number of hydrogen-bond acceptors (Lipinski definition) is 3. The molecular weight excluding hydrogens is 142 g/mol. The summed E-state index contributed by atoms with van der Waals surface area (Å²) < 4.78 is 5.40. The smallest absolute Gasteiger partial charge is 0.0663 e. The van der Waals surface area contributed by atoms with Crippen molar-refractivity contribution in [2.75, 3.05) is 13.2 Å². The second-order valence-corrected chi connectivity index (χ2v) is 3.10. The van der Waals surface area contributed by atoms with Gasteiger partial charge < -0.3 is 15.6 Å². The van der Waals surface area contributed by atoms with Crippen molar-refractivity contribution < 1.29 is 9.84 Å². The lowest BCUT2D eigenvalue weighted by molar-refractivity contribution is 0.0832. The molecule has 0 aromatic carbocycles. The van der Waals surface area contributed by atoms with Crippen LogP contribution >= 0.6 is 0 Å². The maximum atomic E-state index is 9.14. The molecule has 1 aliphatic heterocycles. The number of aliphatic hydroxyl groups is 1. The van der Waals surface area contributed by atoms with E-state index in [9.17, 15) is 0 Å². The Balaban J connectivity index is 2.01. The molecule has 0 aliphatic carbocycles. The minimum Gasteiger partial charge on any atom is -0.392 e. The minimum atomic E-state index is -0.334. The van der Waals surface area contributed by atoms with Crippen LogP contribution in [0, 0.1) is 0 Å². The predicted octanol–water partition coefficient (Wildman–Crippen LogP) is 0.265. The lowest BCUT2D eigenvalue weighted by Crippen LogP contribution is -2.21. The van der Waals surface area contributed by atoms with Gasteiger partial charge in [-0.25, -0.2) is 0 Å². The Kier molecular flexibility index (Phi) is 3.83. The van der Waals surface area contributed by atoms with Crippen LogP contribution in [0.1, 0.15) is 25.7 Å². The fourth-order valence-corrected chi connectivity index (χ4v) is 1.37. The van der Waals surface area contributed by atoms with E-state index in [0.717, 1.165) is 25.9 Å². The third-order valence-electron chi connectivity index (χ3n) is 2.12. The van der Waals surface area contributed by atoms with Crippen LogP contribution < -0.4 is 5.73 Å². The molecule has 0 radical (unpaired) electrons. The first-order valence-corrected chi connectivity index (χ1v) is 4.32. The van der Waals surface area contributed by atoms with Gasteiger partial charge in [-0.3, -0.25) is 0 Å². The van der Waals surface area contributed by atoms with Crippen molar-refractivity contribution in [3.63, 3.8) is 0 Å². The van der Waals surface area contributed by atoms with Crippen molar-refractivity contribution in [3.8, 4) is 0 Å². The van der Waals surface area contributed by atoms with Gasteiger partial charge in [-0.2, -0.15) is 0 Å². The number of nitrogens with two attached hydrogens (primary N) is 1. The molecule has 0 spiro atoms. The molecule has 1 saturated heterocycles. The van der Waals surface area contributed by atoms with Gasteiger partial charge in [-0.1, -0.05) is 0 Å². The molecule has 0 aromatic rings. The third kappa shape index (κ3) is 3.18. The molecule has 1 aliphatic rings. The second kappa shape index (κ2) is 4.70. The van der Waals surface area contributed by atoms with Crippen molar-refractivity contribution in [3.05, 3.63) is 0 Å². The molecule has 0 amide bonds. The van der Waals surface area contributed by atoms with Gasteiger partial charge in [0.15, 0.2) is 0 Å². The fourth-order valence-electron chi connectivity index (χ4n) is 1.37. The highest BCUT2D eigenvalue weighted by atomic mass is 16.5. The summed E-state index contributed by atoms with van der Waals surface area (Å²) >= 11 is 0. The Morgan fingerprint density at radius 3 is 3.00 bits per heavy atom. The van der Waals surface area contributed by atoms with Gasteiger partial charge in [-0.05, 0) is 25.7 Å². The van der Waals surface area contributed by atoms with Crippen LogP contribution in [0.3, 0.4) is 0 Å². The minimum absolute atomic E-state index is 0.334. The highest BCUT2D eigenvalue weighted by molar-refractivity contribution is 4.67. The molecule has 3 nitrogen and oxygen atoms in total. The third-order valence-corrected chi connectivity index (χ3v) is 2.12. The molecule has 2 atom stereocenters. The van der Waals surface area contributed by atoms with E-state index in [-0.39, 0.29) is 6.10 Å². The number of ether oxygens (including phenoxy) is 1. The normalized spacial score (nSPS) is 27.3. The van der Waals surface area contributed by atoms with Crippen LogP contribution in [0.25, 0.3) is 0 Å². The molecule has 66 valence electrons. The standard InChI is InChI=1S/C8H17NO2/c9-6-7(10)3-4-8-2-1-5-11-8/h7-8,10H,1-6,9H2. The molecule has 1 rings (SSSR count). The van der Waals surface area contributed by atoms with Gasteiger partial charge in [0.25, 0.3) is 0 Å². The summed E-state index contributed by atoms with van der Waals surface area (Å²) in [5.41, 5.74) is 5.27. The molecular formula is C8H17NO2. The molecule has 2 unspecified atom stereocenters. The molecule has 3 N–H and O–H groups in total. The van der Waals surface area contributed by atoms with Crippen LogP contribution in [0.2, 0.25) is 0 Å². The maximum Gasteiger partial charge on any atom is 0.0663 e. The van der Waals surface area contributed by atoms with Gasteiger partial charge in [0.1, 0.15) is 0 Å². The predicted molar refractivity (Wildman–Crippen MR) is 43.3 cm³/mol. The molecule has 1 heterocycles. The molecule has 3 heteroatoms. The summed E-state index contributed by atoms with van der Waals surface area (Å²) in [6.45, 7) is 1.26. The van der Waals surface area contributed by atoms with E-state index in [0.29, 0.717) is 12.6 Å². The molecule has 0 aromatic heterocycles. The van der Waals surface area contributed by atoms with E-state index in [1.165, 1.54) is 6.42 Å². The van der Waals surface area contributed by atoms with E-state index in [4.69, 9.17) is 15.6 Å². The van der Waals surface area contributed by atoms with Crippen molar-refractivity contribution >= 4 is 0 Å². The van der Waals surface area contributed by atoms with Crippen molar-refractivity contribution in [2.24, 2.45) is 5.73 Å². The van der Waals surface area contributed by atoms with Crippen LogP contribution in [0.4, 0.5) is 0 Å². The Labute approximate surface area is 67.5 Å². The zero-order chi connectivity index (χ0) is 8.10. The summed E-state index contributed by atoms with van der Waals surface area (Å²) in [6.07, 6.45) is 4.11. The Morgan fingerprint density at radius 2 is 2.45 bits per heavy atom. The topological polar surface area (TPSA) is 55.5 Å². The zero-order valence-electron chi connectivity index (χ0n) is 6.83. The number of aliphatic hydroxyl groups excluding tert-OH is 1. The van der Waals surface area contributed by atoms with Crippen molar-refractivity contribution in [2.45, 2.75) is 37.9 Å². The summed E-state index contributed by atoms with van der Waals surface area (Å²) in [6, 6.07) is 0. The van der Waals surface area contributed by atoms with E-state index >= 15 is 0 Å². The summed E-state index contributed by atoms with van der Waals surface area (Å²) in [4.78, 5) is 0. The fraction of sp³-hybridized carbons (Fsp3) is 1.00. The van der Waals surface area contributed by atoms with Gasteiger partial charge in [0.2, 0.25) is 0 Å². The largest absolute Gasteiger partial charge is 0.392 e. The van der Waals surface area contributed by atoms with Crippen molar-refractivity contribution in [1.82, 2.24) is 0 Å². The molecule has 0 bridgehead atoms. The van der Waals surface area contributed by atoms with Gasteiger partial charge in [0, 0.05) is 13.2 Å². The summed E-state index contributed by atoms with van der Waals surface area (Å²) in [5.74, 6) is 0. The number of hydrogen-bond donors (Lipinski definition) is 2. The van der Waals surface area contributed by atoms with Gasteiger partial charge in [-0.15, -0.1) is 0 Å².